The smallest absolute Gasteiger partial charge is 0.274 e. The van der Waals surface area contributed by atoms with Gasteiger partial charge in [0.25, 0.3) is 5.56 Å². The second kappa shape index (κ2) is 4.41. The van der Waals surface area contributed by atoms with E-state index in [-0.39, 0.29) is 5.56 Å². The maximum atomic E-state index is 11.9. The topological polar surface area (TPSA) is 44.1 Å². The van der Waals surface area contributed by atoms with Crippen molar-refractivity contribution in [3.05, 3.63) is 51.9 Å². The van der Waals surface area contributed by atoms with Crippen molar-refractivity contribution in [3.8, 4) is 11.4 Å². The van der Waals surface area contributed by atoms with Crippen LogP contribution in [0.3, 0.4) is 0 Å². The number of methoxy groups -OCH3 is 1. The summed E-state index contributed by atoms with van der Waals surface area (Å²) >= 11 is 0. The maximum Gasteiger partial charge on any atom is 0.274 e. The monoisotopic (exact) mass is 230 g/mol. The Morgan fingerprint density at radius 2 is 1.82 bits per heavy atom. The second-order valence-corrected chi connectivity index (χ2v) is 3.88. The highest BCUT2D eigenvalue weighted by atomic mass is 16.5. The van der Waals surface area contributed by atoms with Crippen molar-refractivity contribution in [1.29, 1.82) is 0 Å². The molecule has 0 bridgehead atoms. The van der Waals surface area contributed by atoms with Gasteiger partial charge in [-0.15, -0.1) is 0 Å². The van der Waals surface area contributed by atoms with Gasteiger partial charge in [0.15, 0.2) is 0 Å². The van der Waals surface area contributed by atoms with Crippen LogP contribution in [0.25, 0.3) is 5.69 Å². The lowest BCUT2D eigenvalue weighted by Gasteiger charge is -2.07. The predicted octanol–water partition coefficient (Wildman–Crippen LogP) is 1.86. The average Bonchev–Trinajstić information content (AvgIpc) is 2.34. The van der Waals surface area contributed by atoms with E-state index < -0.39 is 0 Å². The van der Waals surface area contributed by atoms with Crippen LogP contribution in [0.1, 0.15) is 11.3 Å². The van der Waals surface area contributed by atoms with Crippen molar-refractivity contribution in [3.63, 3.8) is 0 Å². The number of rotatable bonds is 2. The molecule has 2 aromatic rings. The summed E-state index contributed by atoms with van der Waals surface area (Å²) < 4.78 is 6.48. The van der Waals surface area contributed by atoms with Crippen LogP contribution < -0.4 is 10.3 Å². The van der Waals surface area contributed by atoms with E-state index in [1.54, 1.807) is 32.2 Å². The van der Waals surface area contributed by atoms with Crippen LogP contribution in [0.5, 0.6) is 5.75 Å². The number of benzene rings is 1. The predicted molar refractivity (Wildman–Crippen MR) is 65.9 cm³/mol. The molecule has 2 rings (SSSR count). The molecule has 0 atom stereocenters. The van der Waals surface area contributed by atoms with Gasteiger partial charge in [0.1, 0.15) is 5.75 Å². The Morgan fingerprint density at radius 3 is 2.41 bits per heavy atom. The van der Waals surface area contributed by atoms with Crippen molar-refractivity contribution in [2.24, 2.45) is 0 Å². The van der Waals surface area contributed by atoms with E-state index >= 15 is 0 Å². The molecule has 0 saturated heterocycles. The molecule has 0 unspecified atom stereocenters. The first-order valence-electron chi connectivity index (χ1n) is 5.34. The van der Waals surface area contributed by atoms with E-state index in [1.165, 1.54) is 4.68 Å². The SMILES string of the molecule is COc1ccc(-n2nc(C)cc(C)c2=O)cc1. The highest BCUT2D eigenvalue weighted by molar-refractivity contribution is 5.37. The molecule has 1 heterocycles. The lowest BCUT2D eigenvalue weighted by atomic mass is 10.2. The van der Waals surface area contributed by atoms with E-state index in [9.17, 15) is 4.79 Å². The highest BCUT2D eigenvalue weighted by Crippen LogP contribution is 2.13. The molecule has 88 valence electrons. The summed E-state index contributed by atoms with van der Waals surface area (Å²) in [6.45, 7) is 3.66. The number of aromatic nitrogens is 2. The summed E-state index contributed by atoms with van der Waals surface area (Å²) in [5.74, 6) is 0.756. The number of hydrogen-bond donors (Lipinski definition) is 0. The highest BCUT2D eigenvalue weighted by Gasteiger charge is 2.05. The number of nitrogens with zero attached hydrogens (tertiary/aromatic N) is 2. The normalized spacial score (nSPS) is 10.3. The summed E-state index contributed by atoms with van der Waals surface area (Å²) in [6, 6.07) is 9.02. The zero-order valence-electron chi connectivity index (χ0n) is 10.1. The molecule has 0 radical (unpaired) electrons. The van der Waals surface area contributed by atoms with Crippen LogP contribution in [0.2, 0.25) is 0 Å². The van der Waals surface area contributed by atoms with Gasteiger partial charge < -0.3 is 4.74 Å². The standard InChI is InChI=1S/C13H14N2O2/c1-9-8-10(2)14-15(13(9)16)11-4-6-12(17-3)7-5-11/h4-8H,1-3H3. The summed E-state index contributed by atoms with van der Waals surface area (Å²) in [7, 11) is 1.61. The number of hydrogen-bond acceptors (Lipinski definition) is 3. The lowest BCUT2D eigenvalue weighted by Crippen LogP contribution is -2.23. The van der Waals surface area contributed by atoms with Crippen molar-refractivity contribution in [2.75, 3.05) is 7.11 Å². The van der Waals surface area contributed by atoms with Crippen molar-refractivity contribution >= 4 is 0 Å². The van der Waals surface area contributed by atoms with Crippen LogP contribution in [0, 0.1) is 13.8 Å². The Kier molecular flexibility index (Phi) is 2.95. The Hall–Kier alpha value is -2.10. The third kappa shape index (κ3) is 2.20. The maximum absolute atomic E-state index is 11.9. The first kappa shape index (κ1) is 11.4. The molecule has 4 nitrogen and oxygen atoms in total. The van der Waals surface area contributed by atoms with Crippen molar-refractivity contribution in [2.45, 2.75) is 13.8 Å². The molecule has 0 aliphatic carbocycles. The van der Waals surface area contributed by atoms with Crippen LogP contribution in [0.4, 0.5) is 0 Å². The van der Waals surface area contributed by atoms with Gasteiger partial charge in [0, 0.05) is 5.56 Å². The quantitative estimate of drug-likeness (QED) is 0.791. The molecule has 17 heavy (non-hydrogen) atoms. The van der Waals surface area contributed by atoms with E-state index in [1.807, 2.05) is 19.1 Å². The van der Waals surface area contributed by atoms with Crippen LogP contribution in [-0.2, 0) is 0 Å². The van der Waals surface area contributed by atoms with Crippen LogP contribution in [-0.4, -0.2) is 16.9 Å². The molecule has 0 spiro atoms. The minimum absolute atomic E-state index is 0.0965. The second-order valence-electron chi connectivity index (χ2n) is 3.88. The summed E-state index contributed by atoms with van der Waals surface area (Å²) in [6.07, 6.45) is 0. The molecular weight excluding hydrogens is 216 g/mol. The largest absolute Gasteiger partial charge is 0.497 e. The molecule has 4 heteroatoms. The van der Waals surface area contributed by atoms with E-state index in [0.29, 0.717) is 5.56 Å². The molecule has 0 fully saturated rings. The fourth-order valence-corrected chi connectivity index (χ4v) is 1.67. The zero-order valence-corrected chi connectivity index (χ0v) is 10.1. The molecule has 0 amide bonds. The zero-order chi connectivity index (χ0) is 12.4. The Bertz CT molecular complexity index is 585. The third-order valence-electron chi connectivity index (χ3n) is 2.53. The first-order chi connectivity index (χ1) is 8.11. The fourth-order valence-electron chi connectivity index (χ4n) is 1.67. The van der Waals surface area contributed by atoms with Gasteiger partial charge in [-0.05, 0) is 44.2 Å². The molecular formula is C13H14N2O2. The van der Waals surface area contributed by atoms with Crippen LogP contribution in [0.15, 0.2) is 35.1 Å². The van der Waals surface area contributed by atoms with Crippen molar-refractivity contribution in [1.82, 2.24) is 9.78 Å². The van der Waals surface area contributed by atoms with Gasteiger partial charge in [-0.2, -0.15) is 9.78 Å². The fraction of sp³-hybridized carbons (Fsp3) is 0.231. The number of ether oxygens (including phenoxy) is 1. The Balaban J connectivity index is 2.56. The van der Waals surface area contributed by atoms with E-state index in [0.717, 1.165) is 17.1 Å². The van der Waals surface area contributed by atoms with E-state index in [4.69, 9.17) is 4.74 Å². The minimum Gasteiger partial charge on any atom is -0.497 e. The van der Waals surface area contributed by atoms with Gasteiger partial charge >= 0.3 is 0 Å². The van der Waals surface area contributed by atoms with Gasteiger partial charge in [0.05, 0.1) is 18.5 Å². The Labute approximate surface area is 99.5 Å². The molecule has 0 aliphatic rings. The van der Waals surface area contributed by atoms with Gasteiger partial charge in [-0.1, -0.05) is 0 Å². The van der Waals surface area contributed by atoms with Gasteiger partial charge in [0.2, 0.25) is 0 Å². The molecule has 0 N–H and O–H groups in total. The van der Waals surface area contributed by atoms with Crippen LogP contribution >= 0.6 is 0 Å². The summed E-state index contributed by atoms with van der Waals surface area (Å²) in [5, 5.41) is 4.22. The molecule has 0 saturated carbocycles. The average molecular weight is 230 g/mol. The third-order valence-corrected chi connectivity index (χ3v) is 2.53. The molecule has 1 aromatic heterocycles. The van der Waals surface area contributed by atoms with Gasteiger partial charge in [-0.25, -0.2) is 0 Å². The van der Waals surface area contributed by atoms with Gasteiger partial charge in [-0.3, -0.25) is 4.79 Å². The first-order valence-corrected chi connectivity index (χ1v) is 5.34. The molecule has 1 aromatic carbocycles. The Morgan fingerprint density at radius 1 is 1.18 bits per heavy atom. The van der Waals surface area contributed by atoms with E-state index in [2.05, 4.69) is 5.10 Å². The molecule has 0 aliphatic heterocycles. The van der Waals surface area contributed by atoms with Crippen molar-refractivity contribution < 1.29 is 4.74 Å². The number of aryl methyl sites for hydroxylation is 2. The lowest BCUT2D eigenvalue weighted by molar-refractivity contribution is 0.414. The summed E-state index contributed by atoms with van der Waals surface area (Å²) in [4.78, 5) is 11.9. The minimum atomic E-state index is -0.0965. The summed E-state index contributed by atoms with van der Waals surface area (Å²) in [5.41, 5.74) is 2.15.